The maximum absolute atomic E-state index is 11.4. The predicted octanol–water partition coefficient (Wildman–Crippen LogP) is 9.97. The Hall–Kier alpha value is -8.65. The summed E-state index contributed by atoms with van der Waals surface area (Å²) in [4.78, 5) is 40.3. The van der Waals surface area contributed by atoms with Crippen molar-refractivity contribution in [3.05, 3.63) is 162 Å². The summed E-state index contributed by atoms with van der Waals surface area (Å²) in [6, 6.07) is 41.7. The quantitative estimate of drug-likeness (QED) is 0.102. The minimum Gasteiger partial charge on any atom is -0.493 e. The fourth-order valence-corrected chi connectivity index (χ4v) is 7.47. The van der Waals surface area contributed by atoms with Gasteiger partial charge in [-0.2, -0.15) is 0 Å². The first-order valence-electron chi connectivity index (χ1n) is 21.4. The fourth-order valence-electron chi connectivity index (χ4n) is 7.25. The summed E-state index contributed by atoms with van der Waals surface area (Å²) in [5, 5.41) is 14.4. The van der Waals surface area contributed by atoms with E-state index in [1.165, 1.54) is 12.7 Å². The number of anilines is 4. The van der Waals surface area contributed by atoms with E-state index in [4.69, 9.17) is 25.8 Å². The molecule has 0 saturated carbocycles. The summed E-state index contributed by atoms with van der Waals surface area (Å²) in [5.74, 6) is 17.4. The molecule has 0 spiro atoms. The highest BCUT2D eigenvalue weighted by Gasteiger charge is 2.20. The van der Waals surface area contributed by atoms with Crippen LogP contribution < -0.4 is 35.5 Å². The maximum atomic E-state index is 11.4. The molecule has 10 rings (SSSR count). The number of para-hydroxylation sites is 2. The second kappa shape index (κ2) is 20.5. The largest absolute Gasteiger partial charge is 0.493 e. The first kappa shape index (κ1) is 43.6. The summed E-state index contributed by atoms with van der Waals surface area (Å²) in [7, 11) is 1.61. The zero-order valence-electron chi connectivity index (χ0n) is 36.0. The molecule has 4 heterocycles. The van der Waals surface area contributed by atoms with Crippen LogP contribution in [0.5, 0.6) is 28.7 Å². The second-order valence-electron chi connectivity index (χ2n) is 15.4. The molecule has 4 N–H and O–H groups in total. The van der Waals surface area contributed by atoms with E-state index in [9.17, 15) is 9.59 Å². The van der Waals surface area contributed by atoms with Crippen LogP contribution in [0.1, 0.15) is 24.0 Å². The van der Waals surface area contributed by atoms with Crippen molar-refractivity contribution in [2.45, 2.75) is 12.8 Å². The lowest BCUT2D eigenvalue weighted by Crippen LogP contribution is -2.13. The zero-order chi connectivity index (χ0) is 46.0. The van der Waals surface area contributed by atoms with Crippen molar-refractivity contribution in [3.63, 3.8) is 0 Å². The number of ether oxygens (including phenoxy) is 3. The number of methoxy groups -OCH3 is 1. The van der Waals surface area contributed by atoms with Crippen LogP contribution >= 0.6 is 11.6 Å². The fraction of sp³-hybridized carbons (Fsp3) is 0.132. The van der Waals surface area contributed by atoms with Crippen molar-refractivity contribution in [2.75, 3.05) is 30.8 Å². The van der Waals surface area contributed by atoms with Gasteiger partial charge in [0.1, 0.15) is 41.5 Å². The van der Waals surface area contributed by atoms with Crippen LogP contribution in [0, 0.1) is 35.5 Å². The first-order valence-corrected chi connectivity index (χ1v) is 21.7. The van der Waals surface area contributed by atoms with Crippen LogP contribution in [0.4, 0.5) is 23.0 Å². The Morgan fingerprint density at radius 1 is 0.567 bits per heavy atom. The van der Waals surface area contributed by atoms with Crippen molar-refractivity contribution >= 4 is 68.2 Å². The van der Waals surface area contributed by atoms with Crippen molar-refractivity contribution < 1.29 is 23.8 Å². The average Bonchev–Trinajstić information content (AvgIpc) is 3.99. The number of nitrogens with zero attached hydrogens (tertiary/aromatic N) is 4. The topological polar surface area (TPSA) is 162 Å². The van der Waals surface area contributed by atoms with E-state index in [2.05, 4.69) is 64.9 Å². The van der Waals surface area contributed by atoms with Crippen molar-refractivity contribution in [3.8, 4) is 52.4 Å². The van der Waals surface area contributed by atoms with E-state index in [0.29, 0.717) is 65.6 Å². The Kier molecular flexibility index (Phi) is 13.3. The molecule has 0 radical (unpaired) electrons. The molecule has 2 fully saturated rings. The van der Waals surface area contributed by atoms with Gasteiger partial charge in [-0.05, 0) is 91.0 Å². The van der Waals surface area contributed by atoms with E-state index < -0.39 is 0 Å². The molecule has 2 aromatic heterocycles. The van der Waals surface area contributed by atoms with Crippen LogP contribution in [0.15, 0.2) is 146 Å². The molecule has 67 heavy (non-hydrogen) atoms. The van der Waals surface area contributed by atoms with Crippen LogP contribution in [0.25, 0.3) is 21.8 Å². The van der Waals surface area contributed by atoms with Gasteiger partial charge in [-0.1, -0.05) is 71.7 Å². The lowest BCUT2D eigenvalue weighted by Gasteiger charge is -2.13. The number of carbonyl (C=O) groups is 2. The predicted molar refractivity (Wildman–Crippen MR) is 259 cm³/mol. The first-order chi connectivity index (χ1) is 32.8. The lowest BCUT2D eigenvalue weighted by atomic mass is 10.1. The van der Waals surface area contributed by atoms with Crippen LogP contribution in [0.2, 0.25) is 5.02 Å². The van der Waals surface area contributed by atoms with Gasteiger partial charge in [-0.3, -0.25) is 9.59 Å². The number of aromatic nitrogens is 4. The van der Waals surface area contributed by atoms with Gasteiger partial charge in [0, 0.05) is 77.1 Å². The minimum atomic E-state index is 0.0385. The second-order valence-corrected chi connectivity index (χ2v) is 15.9. The Morgan fingerprint density at radius 3 is 1.54 bits per heavy atom. The Balaban J connectivity index is 0.000000168. The van der Waals surface area contributed by atoms with Gasteiger partial charge in [0.15, 0.2) is 11.5 Å². The van der Waals surface area contributed by atoms with Crippen LogP contribution in [0.3, 0.4) is 0 Å². The summed E-state index contributed by atoms with van der Waals surface area (Å²) in [6.07, 6.45) is 3.93. The maximum Gasteiger partial charge on any atom is 0.221 e. The molecular weight excluding hydrogens is 864 g/mol. The third-order valence-corrected chi connectivity index (χ3v) is 10.9. The summed E-state index contributed by atoms with van der Waals surface area (Å²) >= 11 is 6.46. The van der Waals surface area contributed by atoms with Gasteiger partial charge >= 0.3 is 0 Å². The van der Waals surface area contributed by atoms with Gasteiger partial charge in [-0.15, -0.1) is 0 Å². The van der Waals surface area contributed by atoms with Gasteiger partial charge in [0.25, 0.3) is 0 Å². The van der Waals surface area contributed by atoms with Crippen molar-refractivity contribution in [1.82, 2.24) is 30.6 Å². The molecule has 8 aromatic rings. The molecule has 2 atom stereocenters. The number of nitrogens with one attached hydrogen (secondary N) is 4. The third kappa shape index (κ3) is 11.2. The molecule has 0 aliphatic carbocycles. The highest BCUT2D eigenvalue weighted by atomic mass is 35.5. The average molecular weight is 905 g/mol. The van der Waals surface area contributed by atoms with Gasteiger partial charge < -0.3 is 35.5 Å². The Bertz CT molecular complexity index is 3240. The molecule has 2 aliphatic rings. The molecule has 14 heteroatoms. The van der Waals surface area contributed by atoms with E-state index in [0.717, 1.165) is 50.1 Å². The Labute approximate surface area is 391 Å². The Morgan fingerprint density at radius 2 is 1.06 bits per heavy atom. The third-order valence-electron chi connectivity index (χ3n) is 10.6. The van der Waals surface area contributed by atoms with Crippen LogP contribution in [-0.2, 0) is 9.59 Å². The number of amides is 2. The van der Waals surface area contributed by atoms with Gasteiger partial charge in [0.05, 0.1) is 23.2 Å². The zero-order valence-corrected chi connectivity index (χ0v) is 36.8. The molecule has 13 nitrogen and oxygen atoms in total. The minimum absolute atomic E-state index is 0.0385. The molecule has 2 amide bonds. The number of rotatable bonds is 9. The molecule has 0 bridgehead atoms. The standard InChI is InChI=1S/C27H22N4O3.C26H19ClN4O2/c1-33-25-15-20(10-12-24(25)34-21-5-3-2-4-6-21)31-27-22-13-18(9-11-23(22)29-17-30-27)7-8-19-14-26(32)28-16-19;27-22-14-19(9-11-24(22)33-20-4-2-1-3-5-20)31-26-21-12-17(8-10-23(21)29-16-30-26)6-7-18-13-25(32)28-15-18/h2-6,9-13,15,17,19H,14,16H2,1H3,(H,28,32)(H,29,30,31);1-5,8-12,14,16,18H,13,15H2,(H,28,32)(H,29,30,31). The summed E-state index contributed by atoms with van der Waals surface area (Å²) in [6.45, 7) is 1.20. The number of carbonyl (C=O) groups excluding carboxylic acids is 2. The lowest BCUT2D eigenvalue weighted by molar-refractivity contribution is -0.120. The monoisotopic (exact) mass is 904 g/mol. The molecule has 2 saturated heterocycles. The normalized spacial score (nSPS) is 14.8. The van der Waals surface area contributed by atoms with E-state index in [-0.39, 0.29) is 23.7 Å². The summed E-state index contributed by atoms with van der Waals surface area (Å²) in [5.41, 5.74) is 4.85. The van der Waals surface area contributed by atoms with Crippen LogP contribution in [-0.4, -0.2) is 51.9 Å². The molecule has 6 aromatic carbocycles. The number of benzene rings is 6. The summed E-state index contributed by atoms with van der Waals surface area (Å²) < 4.78 is 17.3. The van der Waals surface area contributed by atoms with Crippen molar-refractivity contribution in [2.24, 2.45) is 11.8 Å². The molecule has 2 aliphatic heterocycles. The number of fused-ring (bicyclic) bond motifs is 2. The van der Waals surface area contributed by atoms with Gasteiger partial charge in [0.2, 0.25) is 11.8 Å². The van der Waals surface area contributed by atoms with E-state index >= 15 is 0 Å². The number of hydrogen-bond donors (Lipinski definition) is 4. The van der Waals surface area contributed by atoms with Gasteiger partial charge in [-0.25, -0.2) is 19.9 Å². The molecule has 2 unspecified atom stereocenters. The van der Waals surface area contributed by atoms with Crippen molar-refractivity contribution in [1.29, 1.82) is 0 Å². The van der Waals surface area contributed by atoms with E-state index in [1.807, 2.05) is 127 Å². The smallest absolute Gasteiger partial charge is 0.221 e. The number of halogens is 1. The van der Waals surface area contributed by atoms with E-state index in [1.54, 1.807) is 13.2 Å². The number of hydrogen-bond acceptors (Lipinski definition) is 11. The highest BCUT2D eigenvalue weighted by Crippen LogP contribution is 2.36. The molecular formula is C53H41ClN8O5. The SMILES string of the molecule is COc1cc(Nc2ncnc3ccc(C#CC4CNC(=O)C4)cc23)ccc1Oc1ccccc1.O=C1CC(C#Cc2ccc3ncnc(Nc4ccc(Oc5ccccc5)c(Cl)c4)c3c2)CN1. The molecule has 330 valence electrons. The highest BCUT2D eigenvalue weighted by molar-refractivity contribution is 6.32.